The van der Waals surface area contributed by atoms with E-state index in [0.29, 0.717) is 11.6 Å². The molecule has 0 bridgehead atoms. The summed E-state index contributed by atoms with van der Waals surface area (Å²) in [5.74, 6) is 3.07. The largest absolute Gasteiger partial charge is 0.460 e. The quantitative estimate of drug-likeness (QED) is 0.196. The molecule has 0 spiro atoms. The maximum Gasteiger partial charge on any atom is 0.164 e. The van der Waals surface area contributed by atoms with Gasteiger partial charge in [0.1, 0.15) is 28.3 Å². The molecule has 3 aromatic heterocycles. The Hall–Kier alpha value is -6.07. The van der Waals surface area contributed by atoms with Crippen LogP contribution in [0.25, 0.3) is 67.8 Å². The summed E-state index contributed by atoms with van der Waals surface area (Å²) in [6.07, 6.45) is 10.5. The van der Waals surface area contributed by atoms with E-state index in [0.717, 1.165) is 79.6 Å². The molecular formula is C43H29N3O2. The van der Waals surface area contributed by atoms with Gasteiger partial charge in [0, 0.05) is 44.7 Å². The summed E-state index contributed by atoms with van der Waals surface area (Å²) in [5, 5.41) is 3.18. The predicted octanol–water partition coefficient (Wildman–Crippen LogP) is 10.8. The van der Waals surface area contributed by atoms with Crippen LogP contribution in [0, 0.1) is 0 Å². The number of fused-ring (bicyclic) bond motifs is 7. The smallest absolute Gasteiger partial charge is 0.164 e. The molecule has 2 aliphatic rings. The predicted molar refractivity (Wildman–Crippen MR) is 192 cm³/mol. The average Bonchev–Trinajstić information content (AvgIpc) is 3.73. The molecule has 5 heteroatoms. The van der Waals surface area contributed by atoms with Gasteiger partial charge in [-0.05, 0) is 53.8 Å². The van der Waals surface area contributed by atoms with Gasteiger partial charge in [0.05, 0.1) is 0 Å². The van der Waals surface area contributed by atoms with Gasteiger partial charge in [-0.15, -0.1) is 0 Å². The summed E-state index contributed by atoms with van der Waals surface area (Å²) in [4.78, 5) is 15.6. The molecule has 0 radical (unpaired) electrons. The van der Waals surface area contributed by atoms with Gasteiger partial charge >= 0.3 is 0 Å². The highest BCUT2D eigenvalue weighted by Gasteiger charge is 2.28. The topological polar surface area (TPSA) is 65.0 Å². The third kappa shape index (κ3) is 4.35. The molecule has 5 nitrogen and oxygen atoms in total. The van der Waals surface area contributed by atoms with E-state index < -0.39 is 0 Å². The highest BCUT2D eigenvalue weighted by atomic mass is 16.3. The Bertz CT molecular complexity index is 2590. The Morgan fingerprint density at radius 3 is 2.27 bits per heavy atom. The molecule has 2 unspecified atom stereocenters. The first-order valence-electron chi connectivity index (χ1n) is 16.5. The zero-order chi connectivity index (χ0) is 31.6. The number of benzene rings is 5. The number of rotatable bonds is 4. The van der Waals surface area contributed by atoms with Crippen LogP contribution in [-0.4, -0.2) is 15.0 Å². The van der Waals surface area contributed by atoms with Crippen molar-refractivity contribution in [3.05, 3.63) is 161 Å². The summed E-state index contributed by atoms with van der Waals surface area (Å²) in [7, 11) is 0. The summed E-state index contributed by atoms with van der Waals surface area (Å²) < 4.78 is 13.1. The molecule has 0 N–H and O–H groups in total. The number of furan rings is 2. The summed E-state index contributed by atoms with van der Waals surface area (Å²) in [6, 6.07) is 39.7. The van der Waals surface area contributed by atoms with Crippen LogP contribution in [0.15, 0.2) is 136 Å². The second-order valence-corrected chi connectivity index (χ2v) is 12.7. The van der Waals surface area contributed by atoms with Crippen molar-refractivity contribution in [2.45, 2.75) is 24.7 Å². The van der Waals surface area contributed by atoms with Crippen LogP contribution in [0.2, 0.25) is 0 Å². The molecule has 0 amide bonds. The molecule has 228 valence electrons. The van der Waals surface area contributed by atoms with Gasteiger partial charge in [0.25, 0.3) is 0 Å². The van der Waals surface area contributed by atoms with Crippen molar-refractivity contribution in [1.29, 1.82) is 0 Å². The first-order chi connectivity index (χ1) is 23.8. The zero-order valence-electron chi connectivity index (χ0n) is 26.0. The third-order valence-electron chi connectivity index (χ3n) is 9.80. The van der Waals surface area contributed by atoms with Crippen molar-refractivity contribution in [2.24, 2.45) is 0 Å². The van der Waals surface area contributed by atoms with Crippen LogP contribution in [0.1, 0.15) is 52.1 Å². The van der Waals surface area contributed by atoms with Gasteiger partial charge in [0.2, 0.25) is 0 Å². The van der Waals surface area contributed by atoms with Crippen LogP contribution in [0.3, 0.4) is 0 Å². The minimum Gasteiger partial charge on any atom is -0.460 e. The Labute approximate surface area is 276 Å². The van der Waals surface area contributed by atoms with E-state index in [4.69, 9.17) is 23.8 Å². The van der Waals surface area contributed by atoms with E-state index in [1.807, 2.05) is 42.5 Å². The first-order valence-corrected chi connectivity index (χ1v) is 16.5. The Morgan fingerprint density at radius 2 is 1.38 bits per heavy atom. The molecule has 0 fully saturated rings. The van der Waals surface area contributed by atoms with Crippen molar-refractivity contribution in [2.75, 3.05) is 0 Å². The summed E-state index contributed by atoms with van der Waals surface area (Å²) in [6.45, 7) is 0. The lowest BCUT2D eigenvalue weighted by molar-refractivity contribution is 0.516. The highest BCUT2D eigenvalue weighted by Crippen LogP contribution is 2.45. The minimum absolute atomic E-state index is 0.0152. The fourth-order valence-corrected chi connectivity index (χ4v) is 7.46. The third-order valence-corrected chi connectivity index (χ3v) is 9.80. The van der Waals surface area contributed by atoms with Crippen molar-refractivity contribution >= 4 is 45.1 Å². The second kappa shape index (κ2) is 10.7. The van der Waals surface area contributed by atoms with E-state index in [-0.39, 0.29) is 11.8 Å². The van der Waals surface area contributed by atoms with Gasteiger partial charge in [-0.3, -0.25) is 0 Å². The molecule has 5 aromatic carbocycles. The Balaban J connectivity index is 1.21. The fourth-order valence-electron chi connectivity index (χ4n) is 7.46. The second-order valence-electron chi connectivity index (χ2n) is 12.7. The number of nitrogens with zero attached hydrogens (tertiary/aromatic N) is 3. The molecule has 48 heavy (non-hydrogen) atoms. The molecule has 8 aromatic rings. The fraction of sp³-hybridized carbons (Fsp3) is 0.0930. The van der Waals surface area contributed by atoms with Crippen LogP contribution in [0.5, 0.6) is 0 Å². The molecule has 2 atom stereocenters. The minimum atomic E-state index is 0.0152. The standard InChI is InChI=1S/C43H29N3O2/c1-2-12-27(13-3-1)41-44-42(29-22-21-26-11-4-5-14-28(26)23-29)46-43(45-41)35-24-30(25-38-39(35)34-16-7-9-20-37(34)47-38)31-17-10-18-33-32-15-6-8-19-36(32)48-40(31)33/h1-16,18-22,24-25,29,31H,17,23H2. The number of aromatic nitrogens is 3. The van der Waals surface area contributed by atoms with Crippen molar-refractivity contribution in [3.8, 4) is 22.8 Å². The van der Waals surface area contributed by atoms with Crippen molar-refractivity contribution < 1.29 is 8.83 Å². The molecule has 3 heterocycles. The van der Waals surface area contributed by atoms with E-state index in [2.05, 4.69) is 97.1 Å². The monoisotopic (exact) mass is 619 g/mol. The molecule has 2 aliphatic carbocycles. The van der Waals surface area contributed by atoms with Gasteiger partial charge in [-0.25, -0.2) is 15.0 Å². The molecule has 0 saturated carbocycles. The lowest BCUT2D eigenvalue weighted by atomic mass is 9.85. The first kappa shape index (κ1) is 27.1. The van der Waals surface area contributed by atoms with Gasteiger partial charge in [-0.1, -0.05) is 115 Å². The lowest BCUT2D eigenvalue weighted by Crippen LogP contribution is -2.12. The van der Waals surface area contributed by atoms with E-state index >= 15 is 0 Å². The van der Waals surface area contributed by atoms with Crippen molar-refractivity contribution in [1.82, 2.24) is 15.0 Å². The Morgan fingerprint density at radius 1 is 0.625 bits per heavy atom. The lowest BCUT2D eigenvalue weighted by Gasteiger charge is -2.20. The summed E-state index contributed by atoms with van der Waals surface area (Å²) in [5.41, 5.74) is 9.23. The van der Waals surface area contributed by atoms with Gasteiger partial charge in [0.15, 0.2) is 11.6 Å². The maximum atomic E-state index is 6.56. The van der Waals surface area contributed by atoms with Crippen LogP contribution in [0.4, 0.5) is 0 Å². The summed E-state index contributed by atoms with van der Waals surface area (Å²) >= 11 is 0. The van der Waals surface area contributed by atoms with Crippen LogP contribution >= 0.6 is 0 Å². The maximum absolute atomic E-state index is 6.56. The van der Waals surface area contributed by atoms with Gasteiger partial charge < -0.3 is 8.83 Å². The number of hydrogen-bond donors (Lipinski definition) is 0. The van der Waals surface area contributed by atoms with E-state index in [1.165, 1.54) is 11.1 Å². The highest BCUT2D eigenvalue weighted by molar-refractivity contribution is 6.12. The van der Waals surface area contributed by atoms with E-state index in [1.54, 1.807) is 0 Å². The zero-order valence-corrected chi connectivity index (χ0v) is 26.0. The van der Waals surface area contributed by atoms with Crippen LogP contribution < -0.4 is 0 Å². The Kier molecular flexibility index (Phi) is 6.06. The molecule has 0 saturated heterocycles. The van der Waals surface area contributed by atoms with Crippen molar-refractivity contribution in [3.63, 3.8) is 0 Å². The number of para-hydroxylation sites is 2. The van der Waals surface area contributed by atoms with Gasteiger partial charge in [-0.2, -0.15) is 0 Å². The normalized spacial score (nSPS) is 16.8. The number of hydrogen-bond acceptors (Lipinski definition) is 5. The molecule has 10 rings (SSSR count). The SMILES string of the molecule is C1=Cc2c(oc3ccccc23)C(c2cc(-c3nc(-c4ccccc4)nc(C4C=Cc5ccccc5C4)n3)c3c(c2)oc2ccccc23)C1. The average molecular weight is 620 g/mol. The number of allylic oxidation sites excluding steroid dienone is 2. The molecular weight excluding hydrogens is 590 g/mol. The van der Waals surface area contributed by atoms with E-state index in [9.17, 15) is 0 Å². The molecule has 0 aliphatic heterocycles. The van der Waals surface area contributed by atoms with Crippen LogP contribution in [-0.2, 0) is 6.42 Å².